The quantitative estimate of drug-likeness (QED) is 0.759. The molecule has 0 aliphatic heterocycles. The molecule has 0 spiro atoms. The fourth-order valence-electron chi connectivity index (χ4n) is 1.99. The number of nitrogens with zero attached hydrogens (tertiary/aromatic N) is 1. The lowest BCUT2D eigenvalue weighted by atomic mass is 10.1. The van der Waals surface area contributed by atoms with Gasteiger partial charge in [0.05, 0.1) is 6.54 Å². The summed E-state index contributed by atoms with van der Waals surface area (Å²) >= 11 is 0. The summed E-state index contributed by atoms with van der Waals surface area (Å²) in [5.41, 5.74) is 7.16. The number of benzene rings is 1. The fraction of sp³-hybridized carbons (Fsp3) is 0.588. The molecule has 3 N–H and O–H groups in total. The predicted octanol–water partition coefficient (Wildman–Crippen LogP) is 3.20. The normalized spacial score (nSPS) is 11.1. The second-order valence-corrected chi connectivity index (χ2v) is 6.22. The predicted molar refractivity (Wildman–Crippen MR) is 90.9 cm³/mol. The smallest absolute Gasteiger partial charge is 0.410 e. The monoisotopic (exact) mass is 307 g/mol. The van der Waals surface area contributed by atoms with Crippen molar-refractivity contribution in [2.45, 2.75) is 46.3 Å². The van der Waals surface area contributed by atoms with Gasteiger partial charge in [0.2, 0.25) is 0 Å². The van der Waals surface area contributed by atoms with Crippen LogP contribution in [0.15, 0.2) is 24.3 Å². The van der Waals surface area contributed by atoms with E-state index in [1.165, 1.54) is 0 Å². The molecular weight excluding hydrogens is 278 g/mol. The largest absolute Gasteiger partial charge is 0.444 e. The van der Waals surface area contributed by atoms with E-state index in [2.05, 4.69) is 5.32 Å². The minimum absolute atomic E-state index is 0.285. The number of carbonyl (C=O) groups excluding carboxylic acids is 1. The van der Waals surface area contributed by atoms with Crippen molar-refractivity contribution in [2.75, 3.05) is 25.0 Å². The minimum Gasteiger partial charge on any atom is -0.444 e. The molecule has 0 atom stereocenters. The van der Waals surface area contributed by atoms with Crippen LogP contribution in [-0.2, 0) is 11.3 Å². The molecular formula is C17H29N3O2. The molecule has 0 saturated heterocycles. The highest BCUT2D eigenvalue weighted by molar-refractivity contribution is 5.68. The maximum absolute atomic E-state index is 12.2. The second-order valence-electron chi connectivity index (χ2n) is 6.22. The van der Waals surface area contributed by atoms with Crippen LogP contribution in [0.1, 0.15) is 39.7 Å². The third-order valence-electron chi connectivity index (χ3n) is 3.11. The van der Waals surface area contributed by atoms with E-state index in [-0.39, 0.29) is 6.09 Å². The van der Waals surface area contributed by atoms with Crippen molar-refractivity contribution in [3.63, 3.8) is 0 Å². The van der Waals surface area contributed by atoms with Crippen molar-refractivity contribution >= 4 is 11.8 Å². The van der Waals surface area contributed by atoms with E-state index in [0.717, 1.165) is 24.2 Å². The molecule has 5 nitrogen and oxygen atoms in total. The average molecular weight is 307 g/mol. The molecule has 0 aliphatic rings. The lowest BCUT2D eigenvalue weighted by Gasteiger charge is -2.27. The van der Waals surface area contributed by atoms with Gasteiger partial charge in [0.1, 0.15) is 5.60 Å². The fourth-order valence-corrected chi connectivity index (χ4v) is 1.99. The Bertz CT molecular complexity index is 469. The Balaban J connectivity index is 2.76. The molecule has 124 valence electrons. The molecule has 1 amide bonds. The number of para-hydroxylation sites is 1. The lowest BCUT2D eigenvalue weighted by molar-refractivity contribution is 0.0245. The Morgan fingerprint density at radius 3 is 2.59 bits per heavy atom. The summed E-state index contributed by atoms with van der Waals surface area (Å²) < 4.78 is 5.45. The number of amides is 1. The molecule has 0 saturated carbocycles. The van der Waals surface area contributed by atoms with Crippen molar-refractivity contribution in [1.29, 1.82) is 0 Å². The third kappa shape index (κ3) is 6.35. The molecule has 0 radical (unpaired) electrons. The van der Waals surface area contributed by atoms with E-state index >= 15 is 0 Å². The molecule has 0 aliphatic carbocycles. The number of rotatable bonds is 7. The maximum atomic E-state index is 12.2. The summed E-state index contributed by atoms with van der Waals surface area (Å²) in [6.07, 6.45) is 0.629. The van der Waals surface area contributed by atoms with E-state index in [4.69, 9.17) is 10.5 Å². The van der Waals surface area contributed by atoms with Crippen molar-refractivity contribution in [2.24, 2.45) is 5.73 Å². The van der Waals surface area contributed by atoms with Crippen LogP contribution in [0.25, 0.3) is 0 Å². The molecule has 22 heavy (non-hydrogen) atoms. The highest BCUT2D eigenvalue weighted by Crippen LogP contribution is 2.19. The van der Waals surface area contributed by atoms with Gasteiger partial charge < -0.3 is 20.7 Å². The van der Waals surface area contributed by atoms with Crippen LogP contribution in [0.4, 0.5) is 10.5 Å². The number of hydrogen-bond acceptors (Lipinski definition) is 4. The standard InChI is InChI=1S/C17H29N3O2/c1-5-20(16(21)22-17(2,3)4)13-14-9-6-7-10-15(14)19-12-8-11-18/h6-7,9-10,19H,5,8,11-13,18H2,1-4H3. The highest BCUT2D eigenvalue weighted by atomic mass is 16.6. The van der Waals surface area contributed by atoms with Gasteiger partial charge in [0, 0.05) is 18.8 Å². The Morgan fingerprint density at radius 2 is 2.00 bits per heavy atom. The van der Waals surface area contributed by atoms with Crippen molar-refractivity contribution in [3.05, 3.63) is 29.8 Å². The number of hydrogen-bond donors (Lipinski definition) is 2. The number of nitrogens with two attached hydrogens (primary N) is 1. The molecule has 0 fully saturated rings. The van der Waals surface area contributed by atoms with Crippen LogP contribution in [0, 0.1) is 0 Å². The Kier molecular flexibility index (Phi) is 7.18. The number of anilines is 1. The first-order valence-electron chi connectivity index (χ1n) is 7.87. The third-order valence-corrected chi connectivity index (χ3v) is 3.11. The Morgan fingerprint density at radius 1 is 1.32 bits per heavy atom. The summed E-state index contributed by atoms with van der Waals surface area (Å²) in [6, 6.07) is 8.01. The van der Waals surface area contributed by atoms with Gasteiger partial charge >= 0.3 is 6.09 Å². The van der Waals surface area contributed by atoms with Crippen LogP contribution in [0.3, 0.4) is 0 Å². The topological polar surface area (TPSA) is 67.6 Å². The highest BCUT2D eigenvalue weighted by Gasteiger charge is 2.21. The number of ether oxygens (including phenoxy) is 1. The molecule has 1 rings (SSSR count). The molecule has 0 bridgehead atoms. The van der Waals surface area contributed by atoms with Gasteiger partial charge in [-0.15, -0.1) is 0 Å². The minimum atomic E-state index is -0.483. The number of carbonyl (C=O) groups is 1. The van der Waals surface area contributed by atoms with E-state index in [9.17, 15) is 4.79 Å². The van der Waals surface area contributed by atoms with E-state index in [1.807, 2.05) is 52.0 Å². The van der Waals surface area contributed by atoms with Gasteiger partial charge in [-0.25, -0.2) is 4.79 Å². The number of nitrogens with one attached hydrogen (secondary N) is 1. The van der Waals surface area contributed by atoms with Gasteiger partial charge in [-0.05, 0) is 52.3 Å². The molecule has 1 aromatic carbocycles. The van der Waals surface area contributed by atoms with Gasteiger partial charge in [-0.3, -0.25) is 0 Å². The zero-order valence-electron chi connectivity index (χ0n) is 14.2. The van der Waals surface area contributed by atoms with Crippen molar-refractivity contribution in [3.8, 4) is 0 Å². The van der Waals surface area contributed by atoms with Crippen LogP contribution in [-0.4, -0.2) is 36.2 Å². The summed E-state index contributed by atoms with van der Waals surface area (Å²) in [6.45, 7) is 10.2. The lowest BCUT2D eigenvalue weighted by Crippen LogP contribution is -2.36. The zero-order chi connectivity index (χ0) is 16.6. The van der Waals surface area contributed by atoms with Crippen LogP contribution in [0.5, 0.6) is 0 Å². The average Bonchev–Trinajstić information content (AvgIpc) is 2.44. The van der Waals surface area contributed by atoms with Crippen LogP contribution >= 0.6 is 0 Å². The first-order valence-corrected chi connectivity index (χ1v) is 7.87. The molecule has 0 unspecified atom stereocenters. The molecule has 1 aromatic rings. The first kappa shape index (κ1) is 18.3. The Hall–Kier alpha value is -1.75. The van der Waals surface area contributed by atoms with Crippen LogP contribution < -0.4 is 11.1 Å². The van der Waals surface area contributed by atoms with Crippen molar-refractivity contribution < 1.29 is 9.53 Å². The second kappa shape index (κ2) is 8.63. The molecule has 5 heteroatoms. The summed E-state index contributed by atoms with van der Waals surface area (Å²) in [5, 5.41) is 3.37. The van der Waals surface area contributed by atoms with Gasteiger partial charge in [-0.1, -0.05) is 18.2 Å². The molecule has 0 heterocycles. The van der Waals surface area contributed by atoms with E-state index in [1.54, 1.807) is 4.90 Å². The zero-order valence-corrected chi connectivity index (χ0v) is 14.2. The van der Waals surface area contributed by atoms with Gasteiger partial charge in [0.15, 0.2) is 0 Å². The molecule has 0 aromatic heterocycles. The summed E-state index contributed by atoms with van der Waals surface area (Å²) in [5.74, 6) is 0. The summed E-state index contributed by atoms with van der Waals surface area (Å²) in [7, 11) is 0. The van der Waals surface area contributed by atoms with E-state index < -0.39 is 5.60 Å². The Labute approximate surface area is 133 Å². The van der Waals surface area contributed by atoms with Crippen molar-refractivity contribution in [1.82, 2.24) is 4.90 Å². The van der Waals surface area contributed by atoms with Crippen LogP contribution in [0.2, 0.25) is 0 Å². The SMILES string of the molecule is CCN(Cc1ccccc1NCCCN)C(=O)OC(C)(C)C. The maximum Gasteiger partial charge on any atom is 0.410 e. The first-order chi connectivity index (χ1) is 10.4. The van der Waals surface area contributed by atoms with Gasteiger partial charge in [-0.2, -0.15) is 0 Å². The van der Waals surface area contributed by atoms with Gasteiger partial charge in [0.25, 0.3) is 0 Å². The van der Waals surface area contributed by atoms with E-state index in [0.29, 0.717) is 19.6 Å². The summed E-state index contributed by atoms with van der Waals surface area (Å²) in [4.78, 5) is 13.9.